The number of hydrogen-bond donors (Lipinski definition) is 0. The number of rotatable bonds is 4. The van der Waals surface area contributed by atoms with Crippen molar-refractivity contribution in [3.05, 3.63) is 41.6 Å². The summed E-state index contributed by atoms with van der Waals surface area (Å²) in [5.74, 6) is 0.401. The number of hydrogen-bond acceptors (Lipinski definition) is 3. The maximum Gasteiger partial charge on any atom is 0.133 e. The van der Waals surface area contributed by atoms with Gasteiger partial charge in [-0.3, -0.25) is 4.79 Å². The van der Waals surface area contributed by atoms with Gasteiger partial charge in [-0.25, -0.2) is 0 Å². The van der Waals surface area contributed by atoms with E-state index >= 15 is 0 Å². The van der Waals surface area contributed by atoms with Crippen LogP contribution in [0.2, 0.25) is 0 Å². The lowest BCUT2D eigenvalue weighted by Crippen LogP contribution is -2.44. The minimum absolute atomic E-state index is 0.0108. The minimum Gasteiger partial charge on any atom is -0.347 e. The van der Waals surface area contributed by atoms with E-state index in [0.29, 0.717) is 23.2 Å². The van der Waals surface area contributed by atoms with Crippen LogP contribution in [0.25, 0.3) is 0 Å². The normalized spacial score (nSPS) is 25.0. The van der Waals surface area contributed by atoms with Crippen molar-refractivity contribution in [2.45, 2.75) is 52.9 Å². The van der Waals surface area contributed by atoms with Gasteiger partial charge in [0.25, 0.3) is 0 Å². The predicted molar refractivity (Wildman–Crippen MR) is 96.7 cm³/mol. The van der Waals surface area contributed by atoms with Crippen molar-refractivity contribution < 1.29 is 4.79 Å². The van der Waals surface area contributed by atoms with Crippen LogP contribution in [-0.2, 0) is 4.79 Å². The fourth-order valence-electron chi connectivity index (χ4n) is 4.38. The molecule has 0 amide bonds. The summed E-state index contributed by atoms with van der Waals surface area (Å²) in [5.41, 5.74) is 3.26. The smallest absolute Gasteiger partial charge is 0.133 e. The molecule has 0 bridgehead atoms. The van der Waals surface area contributed by atoms with Gasteiger partial charge in [0.05, 0.1) is 11.6 Å². The van der Waals surface area contributed by atoms with E-state index in [1.165, 1.54) is 12.8 Å². The van der Waals surface area contributed by atoms with Crippen LogP contribution in [0, 0.1) is 29.1 Å². The second-order valence-electron chi connectivity index (χ2n) is 7.78. The molecule has 2 aliphatic carbocycles. The first-order chi connectivity index (χ1) is 11.4. The van der Waals surface area contributed by atoms with Gasteiger partial charge in [-0.1, -0.05) is 19.1 Å². The van der Waals surface area contributed by atoms with Crippen LogP contribution >= 0.6 is 0 Å². The monoisotopic (exact) mass is 322 g/mol. The molecule has 2 fully saturated rings. The van der Waals surface area contributed by atoms with Crippen LogP contribution in [0.3, 0.4) is 0 Å². The van der Waals surface area contributed by atoms with Crippen molar-refractivity contribution in [3.63, 3.8) is 0 Å². The lowest BCUT2D eigenvalue weighted by Gasteiger charge is -2.44. The number of nitrogens with zero attached hydrogens (tertiary/aromatic N) is 2. The highest BCUT2D eigenvalue weighted by atomic mass is 16.1. The van der Waals surface area contributed by atoms with Crippen LogP contribution in [0.4, 0.5) is 5.69 Å². The zero-order chi connectivity index (χ0) is 17.4. The Morgan fingerprint density at radius 2 is 2.08 bits per heavy atom. The molecule has 0 N–H and O–H groups in total. The number of nitriles is 1. The first kappa shape index (κ1) is 16.8. The lowest BCUT2D eigenvalue weighted by atomic mass is 9.64. The van der Waals surface area contributed by atoms with E-state index in [4.69, 9.17) is 0 Å². The summed E-state index contributed by atoms with van der Waals surface area (Å²) < 4.78 is 0. The maximum atomic E-state index is 12.2. The Labute approximate surface area is 145 Å². The third kappa shape index (κ3) is 2.86. The molecule has 24 heavy (non-hydrogen) atoms. The number of ketones is 1. The topological polar surface area (TPSA) is 44.1 Å². The fourth-order valence-corrected chi connectivity index (χ4v) is 4.38. The summed E-state index contributed by atoms with van der Waals surface area (Å²) in [5, 5.41) is 9.23. The average molecular weight is 322 g/mol. The summed E-state index contributed by atoms with van der Waals surface area (Å²) in [6.07, 6.45) is 9.09. The Bertz CT molecular complexity index is 724. The molecule has 1 aromatic rings. The first-order valence-corrected chi connectivity index (χ1v) is 8.85. The highest BCUT2D eigenvalue weighted by Crippen LogP contribution is 2.65. The van der Waals surface area contributed by atoms with E-state index in [1.807, 2.05) is 31.2 Å². The quantitative estimate of drug-likeness (QED) is 0.803. The summed E-state index contributed by atoms with van der Waals surface area (Å²) in [7, 11) is 0. The number of carbonyl (C=O) groups excluding carboxylic acids is 1. The second-order valence-corrected chi connectivity index (χ2v) is 7.78. The van der Waals surface area contributed by atoms with Gasteiger partial charge in [-0.2, -0.15) is 5.26 Å². The Balaban J connectivity index is 1.95. The fraction of sp³-hybridized carbons (Fsp3) is 0.524. The zero-order valence-electron chi connectivity index (χ0n) is 14.9. The van der Waals surface area contributed by atoms with Crippen molar-refractivity contribution in [1.29, 1.82) is 5.26 Å². The molecule has 0 aromatic heterocycles. The molecule has 1 unspecified atom stereocenters. The standard InChI is InChI=1S/C21H26N2O/c1-4-11-23(19-12-17(14-22)6-5-16(19)2)15-20(3)13-18(24)7-8-21(20)9-10-21/h4-6,11-12H,7-10,13,15H2,1-3H3/b11-4-. The van der Waals surface area contributed by atoms with Crippen LogP contribution in [-0.4, -0.2) is 12.3 Å². The highest BCUT2D eigenvalue weighted by molar-refractivity contribution is 5.80. The number of Topliss-reactive ketones (excluding diaryl/α,β-unsaturated/α-hetero) is 1. The third-order valence-corrected chi connectivity index (χ3v) is 6.10. The summed E-state index contributed by atoms with van der Waals surface area (Å²) >= 11 is 0. The molecule has 1 atom stereocenters. The van der Waals surface area contributed by atoms with Crippen molar-refractivity contribution in [2.75, 3.05) is 11.4 Å². The first-order valence-electron chi connectivity index (χ1n) is 8.85. The Morgan fingerprint density at radius 3 is 2.71 bits per heavy atom. The summed E-state index contributed by atoms with van der Waals surface area (Å²) in [6.45, 7) is 7.21. The van der Waals surface area contributed by atoms with Gasteiger partial charge in [0.1, 0.15) is 5.78 Å². The van der Waals surface area contributed by atoms with Gasteiger partial charge >= 0.3 is 0 Å². The molecule has 0 radical (unpaired) electrons. The molecule has 0 heterocycles. The number of anilines is 1. The van der Waals surface area contributed by atoms with E-state index in [0.717, 1.165) is 30.6 Å². The molecular formula is C21H26N2O. The van der Waals surface area contributed by atoms with Crippen molar-refractivity contribution in [3.8, 4) is 6.07 Å². The van der Waals surface area contributed by atoms with Gasteiger partial charge in [-0.15, -0.1) is 0 Å². The van der Waals surface area contributed by atoms with Gasteiger partial charge < -0.3 is 4.90 Å². The summed E-state index contributed by atoms with van der Waals surface area (Å²) in [4.78, 5) is 14.4. The van der Waals surface area contributed by atoms with E-state index in [9.17, 15) is 10.1 Å². The number of carbonyl (C=O) groups is 1. The minimum atomic E-state index is 0.0108. The van der Waals surface area contributed by atoms with Gasteiger partial charge in [-0.05, 0) is 67.8 Å². The highest BCUT2D eigenvalue weighted by Gasteiger charge is 2.59. The molecule has 3 heteroatoms. The van der Waals surface area contributed by atoms with Crippen molar-refractivity contribution in [1.82, 2.24) is 0 Å². The third-order valence-electron chi connectivity index (χ3n) is 6.10. The Kier molecular flexibility index (Phi) is 4.25. The molecule has 0 saturated heterocycles. The molecule has 2 aliphatic rings. The van der Waals surface area contributed by atoms with E-state index < -0.39 is 0 Å². The number of benzene rings is 1. The number of allylic oxidation sites excluding steroid dienone is 1. The summed E-state index contributed by atoms with van der Waals surface area (Å²) in [6, 6.07) is 8.06. The van der Waals surface area contributed by atoms with E-state index in [-0.39, 0.29) is 5.41 Å². The molecule has 0 aliphatic heterocycles. The lowest BCUT2D eigenvalue weighted by molar-refractivity contribution is -0.126. The molecular weight excluding hydrogens is 296 g/mol. The molecule has 2 saturated carbocycles. The molecule has 1 aromatic carbocycles. The van der Waals surface area contributed by atoms with E-state index in [1.54, 1.807) is 0 Å². The van der Waals surface area contributed by atoms with Crippen molar-refractivity contribution in [2.24, 2.45) is 10.8 Å². The molecule has 126 valence electrons. The van der Waals surface area contributed by atoms with Crippen molar-refractivity contribution >= 4 is 11.5 Å². The molecule has 3 nitrogen and oxygen atoms in total. The molecule has 1 spiro atoms. The zero-order valence-corrected chi connectivity index (χ0v) is 14.9. The van der Waals surface area contributed by atoms with Gasteiger partial charge in [0, 0.05) is 25.1 Å². The number of aryl methyl sites for hydroxylation is 1. The SMILES string of the molecule is C/C=C\N(CC1(C)CC(=O)CCC12CC2)c1cc(C#N)ccc1C. The largest absolute Gasteiger partial charge is 0.347 e. The van der Waals surface area contributed by atoms with Gasteiger partial charge in [0.15, 0.2) is 0 Å². The van der Waals surface area contributed by atoms with Crippen LogP contribution in [0.15, 0.2) is 30.5 Å². The predicted octanol–water partition coefficient (Wildman–Crippen LogP) is 4.75. The van der Waals surface area contributed by atoms with E-state index in [2.05, 4.69) is 31.0 Å². The molecule has 3 rings (SSSR count). The van der Waals surface area contributed by atoms with Crippen LogP contribution < -0.4 is 4.90 Å². The Hall–Kier alpha value is -2.08. The average Bonchev–Trinajstić information content (AvgIpc) is 3.33. The maximum absolute atomic E-state index is 12.2. The van der Waals surface area contributed by atoms with Crippen LogP contribution in [0.5, 0.6) is 0 Å². The Morgan fingerprint density at radius 1 is 1.33 bits per heavy atom. The van der Waals surface area contributed by atoms with Gasteiger partial charge in [0.2, 0.25) is 0 Å². The van der Waals surface area contributed by atoms with Crippen LogP contribution in [0.1, 0.15) is 57.1 Å². The second kappa shape index (κ2) is 6.09.